The summed E-state index contributed by atoms with van der Waals surface area (Å²) in [6.45, 7) is 1.91. The van der Waals surface area contributed by atoms with Gasteiger partial charge in [-0.25, -0.2) is 4.79 Å². The summed E-state index contributed by atoms with van der Waals surface area (Å²) in [5, 5.41) is 9.37. The lowest BCUT2D eigenvalue weighted by Crippen LogP contribution is -2.18. The molecule has 0 amide bonds. The fraction of sp³-hybridized carbons (Fsp3) is 0.118. The van der Waals surface area contributed by atoms with Crippen LogP contribution in [-0.2, 0) is 4.79 Å². The van der Waals surface area contributed by atoms with Gasteiger partial charge in [-0.2, -0.15) is 0 Å². The van der Waals surface area contributed by atoms with Crippen molar-refractivity contribution in [2.45, 2.75) is 13.0 Å². The van der Waals surface area contributed by atoms with Crippen molar-refractivity contribution in [2.75, 3.05) is 0 Å². The van der Waals surface area contributed by atoms with Gasteiger partial charge in [-0.3, -0.25) is 0 Å². The zero-order chi connectivity index (χ0) is 14.4. The average molecular weight is 268 g/mol. The number of allylic oxidation sites excluding steroid dienone is 1. The van der Waals surface area contributed by atoms with Gasteiger partial charge in [-0.1, -0.05) is 60.7 Å². The number of carbonyl (C=O) groups is 1. The topological polar surface area (TPSA) is 46.5 Å². The quantitative estimate of drug-likeness (QED) is 0.893. The zero-order valence-electron chi connectivity index (χ0n) is 11.2. The standard InChI is InChI=1S/C17H16O3/c1-2-8-13-9-6-7-12-15(13)20-16(17(18)19)14-10-4-3-5-11-14/h2-12,16H,1H3,(H,18,19)/b8-2+. The summed E-state index contributed by atoms with van der Waals surface area (Å²) in [6.07, 6.45) is 2.77. The Bertz CT molecular complexity index is 603. The Labute approximate surface area is 118 Å². The van der Waals surface area contributed by atoms with Crippen molar-refractivity contribution in [3.05, 3.63) is 71.8 Å². The molecule has 0 spiro atoms. The first kappa shape index (κ1) is 13.9. The third-order valence-electron chi connectivity index (χ3n) is 2.84. The lowest BCUT2D eigenvalue weighted by atomic mass is 10.1. The first-order chi connectivity index (χ1) is 9.72. The van der Waals surface area contributed by atoms with E-state index in [9.17, 15) is 9.90 Å². The second-order valence-corrected chi connectivity index (χ2v) is 4.28. The number of hydrogen-bond acceptors (Lipinski definition) is 2. The molecule has 0 heterocycles. The van der Waals surface area contributed by atoms with Crippen LogP contribution in [0, 0.1) is 0 Å². The first-order valence-electron chi connectivity index (χ1n) is 6.38. The summed E-state index contributed by atoms with van der Waals surface area (Å²) in [5.41, 5.74) is 1.48. The number of carboxylic acid groups (broad SMARTS) is 1. The predicted molar refractivity (Wildman–Crippen MR) is 78.6 cm³/mol. The minimum atomic E-state index is -1.01. The lowest BCUT2D eigenvalue weighted by molar-refractivity contribution is -0.145. The van der Waals surface area contributed by atoms with E-state index in [1.807, 2.05) is 43.3 Å². The Morgan fingerprint density at radius 2 is 1.75 bits per heavy atom. The van der Waals surface area contributed by atoms with Gasteiger partial charge in [-0.15, -0.1) is 0 Å². The Morgan fingerprint density at radius 1 is 1.10 bits per heavy atom. The summed E-state index contributed by atoms with van der Waals surface area (Å²) in [7, 11) is 0. The van der Waals surface area contributed by atoms with Crippen LogP contribution < -0.4 is 4.74 Å². The van der Waals surface area contributed by atoms with E-state index in [2.05, 4.69) is 0 Å². The van der Waals surface area contributed by atoms with Crippen LogP contribution in [0.1, 0.15) is 24.2 Å². The van der Waals surface area contributed by atoms with Gasteiger partial charge in [0.1, 0.15) is 5.75 Å². The molecule has 0 fully saturated rings. The molecule has 1 atom stereocenters. The predicted octanol–water partition coefficient (Wildman–Crippen LogP) is 3.92. The fourth-order valence-corrected chi connectivity index (χ4v) is 1.92. The molecule has 0 saturated heterocycles. The van der Waals surface area contributed by atoms with E-state index in [-0.39, 0.29) is 0 Å². The van der Waals surface area contributed by atoms with Crippen molar-refractivity contribution in [3.8, 4) is 5.75 Å². The van der Waals surface area contributed by atoms with Crippen LogP contribution >= 0.6 is 0 Å². The number of carboxylic acids is 1. The van der Waals surface area contributed by atoms with E-state index in [0.717, 1.165) is 5.56 Å². The molecule has 20 heavy (non-hydrogen) atoms. The molecular weight excluding hydrogens is 252 g/mol. The number of para-hydroxylation sites is 1. The average Bonchev–Trinajstić information content (AvgIpc) is 2.47. The van der Waals surface area contributed by atoms with E-state index in [4.69, 9.17) is 4.74 Å². The summed E-state index contributed by atoms with van der Waals surface area (Å²) in [6, 6.07) is 16.3. The highest BCUT2D eigenvalue weighted by molar-refractivity contribution is 5.75. The molecule has 0 aliphatic rings. The van der Waals surface area contributed by atoms with Crippen LogP contribution in [0.15, 0.2) is 60.7 Å². The van der Waals surface area contributed by atoms with Crippen molar-refractivity contribution in [2.24, 2.45) is 0 Å². The summed E-state index contributed by atoms with van der Waals surface area (Å²) in [4.78, 5) is 11.4. The van der Waals surface area contributed by atoms with Crippen LogP contribution in [0.25, 0.3) is 6.08 Å². The van der Waals surface area contributed by atoms with Gasteiger partial charge in [0.2, 0.25) is 6.10 Å². The zero-order valence-corrected chi connectivity index (χ0v) is 11.2. The molecule has 2 rings (SSSR count). The van der Waals surface area contributed by atoms with Crippen LogP contribution in [0.3, 0.4) is 0 Å². The minimum absolute atomic E-state index is 0.557. The fourth-order valence-electron chi connectivity index (χ4n) is 1.92. The molecule has 0 radical (unpaired) electrons. The number of hydrogen-bond donors (Lipinski definition) is 1. The first-order valence-corrected chi connectivity index (χ1v) is 6.38. The Hall–Kier alpha value is -2.55. The van der Waals surface area contributed by atoms with Crippen LogP contribution in [0.5, 0.6) is 5.75 Å². The number of aliphatic carboxylic acids is 1. The summed E-state index contributed by atoms with van der Waals surface area (Å²) >= 11 is 0. The van der Waals surface area contributed by atoms with E-state index in [0.29, 0.717) is 11.3 Å². The van der Waals surface area contributed by atoms with Crippen LogP contribution in [0.2, 0.25) is 0 Å². The van der Waals surface area contributed by atoms with Crippen molar-refractivity contribution in [1.82, 2.24) is 0 Å². The van der Waals surface area contributed by atoms with Gasteiger partial charge in [0.15, 0.2) is 0 Å². The molecule has 3 heteroatoms. The molecule has 0 bridgehead atoms. The molecular formula is C17H16O3. The lowest BCUT2D eigenvalue weighted by Gasteiger charge is -2.17. The van der Waals surface area contributed by atoms with Crippen molar-refractivity contribution in [3.63, 3.8) is 0 Å². The maximum atomic E-state index is 11.4. The summed E-state index contributed by atoms with van der Waals surface area (Å²) in [5.74, 6) is -0.451. The number of benzene rings is 2. The Morgan fingerprint density at radius 3 is 2.40 bits per heavy atom. The molecule has 0 saturated carbocycles. The highest BCUT2D eigenvalue weighted by atomic mass is 16.5. The maximum absolute atomic E-state index is 11.4. The van der Waals surface area contributed by atoms with E-state index in [1.54, 1.807) is 30.3 Å². The second-order valence-electron chi connectivity index (χ2n) is 4.28. The minimum Gasteiger partial charge on any atom is -0.478 e. The van der Waals surface area contributed by atoms with Gasteiger partial charge in [0.05, 0.1) is 0 Å². The number of rotatable bonds is 5. The summed E-state index contributed by atoms with van der Waals surface area (Å²) < 4.78 is 5.69. The number of ether oxygens (including phenoxy) is 1. The molecule has 0 aromatic heterocycles. The van der Waals surface area contributed by atoms with Gasteiger partial charge >= 0.3 is 5.97 Å². The van der Waals surface area contributed by atoms with Crippen molar-refractivity contribution < 1.29 is 14.6 Å². The maximum Gasteiger partial charge on any atom is 0.349 e. The molecule has 0 aliphatic heterocycles. The second kappa shape index (κ2) is 6.57. The highest BCUT2D eigenvalue weighted by Crippen LogP contribution is 2.26. The molecule has 1 N–H and O–H groups in total. The van der Waals surface area contributed by atoms with Gasteiger partial charge < -0.3 is 9.84 Å². The highest BCUT2D eigenvalue weighted by Gasteiger charge is 2.22. The van der Waals surface area contributed by atoms with Gasteiger partial charge in [0.25, 0.3) is 0 Å². The van der Waals surface area contributed by atoms with E-state index >= 15 is 0 Å². The largest absolute Gasteiger partial charge is 0.478 e. The molecule has 2 aromatic rings. The Balaban J connectivity index is 2.32. The van der Waals surface area contributed by atoms with Crippen LogP contribution in [0.4, 0.5) is 0 Å². The third-order valence-corrected chi connectivity index (χ3v) is 2.84. The third kappa shape index (κ3) is 3.26. The molecule has 3 nitrogen and oxygen atoms in total. The molecule has 2 aromatic carbocycles. The van der Waals surface area contributed by atoms with E-state index < -0.39 is 12.1 Å². The normalized spacial score (nSPS) is 12.2. The smallest absolute Gasteiger partial charge is 0.349 e. The monoisotopic (exact) mass is 268 g/mol. The van der Waals surface area contributed by atoms with E-state index in [1.165, 1.54) is 0 Å². The van der Waals surface area contributed by atoms with Gasteiger partial charge in [0, 0.05) is 11.1 Å². The molecule has 0 aliphatic carbocycles. The SMILES string of the molecule is C/C=C/c1ccccc1OC(C(=O)O)c1ccccc1. The van der Waals surface area contributed by atoms with Crippen molar-refractivity contribution >= 4 is 12.0 Å². The molecule has 102 valence electrons. The van der Waals surface area contributed by atoms with Gasteiger partial charge in [-0.05, 0) is 13.0 Å². The Kier molecular flexibility index (Phi) is 4.56. The van der Waals surface area contributed by atoms with Crippen LogP contribution in [-0.4, -0.2) is 11.1 Å². The molecule has 1 unspecified atom stereocenters. The van der Waals surface area contributed by atoms with Crippen molar-refractivity contribution in [1.29, 1.82) is 0 Å².